The number of aliphatic hydroxyl groups is 2. The number of anilines is 1. The zero-order chi connectivity index (χ0) is 11.7. The van der Waals surface area contributed by atoms with Gasteiger partial charge in [-0.15, -0.1) is 0 Å². The SMILES string of the molecule is N=C(N)c1ncccc1N1CC(O)C(O)C1. The van der Waals surface area contributed by atoms with E-state index < -0.39 is 12.2 Å². The standard InChI is InChI=1S/C10H14N4O2/c11-10(12)9-6(2-1-3-13-9)14-4-7(15)8(16)5-14/h1-3,7-8,15-16H,4-5H2,(H3,11,12). The zero-order valence-corrected chi connectivity index (χ0v) is 8.67. The Hall–Kier alpha value is -1.66. The van der Waals surface area contributed by atoms with E-state index in [1.165, 1.54) is 0 Å². The maximum absolute atomic E-state index is 9.46. The van der Waals surface area contributed by atoms with Gasteiger partial charge in [0.05, 0.1) is 17.9 Å². The second kappa shape index (κ2) is 4.07. The van der Waals surface area contributed by atoms with Crippen molar-refractivity contribution in [2.45, 2.75) is 12.2 Å². The van der Waals surface area contributed by atoms with Crippen molar-refractivity contribution < 1.29 is 10.2 Å². The first kappa shape index (κ1) is 10.8. The van der Waals surface area contributed by atoms with Crippen molar-refractivity contribution in [2.24, 2.45) is 5.73 Å². The summed E-state index contributed by atoms with van der Waals surface area (Å²) in [6.45, 7) is 0.653. The van der Waals surface area contributed by atoms with Crippen LogP contribution in [0.2, 0.25) is 0 Å². The average Bonchev–Trinajstić information content (AvgIpc) is 2.59. The molecule has 0 bridgehead atoms. The molecule has 6 nitrogen and oxygen atoms in total. The molecule has 1 fully saturated rings. The molecule has 2 rings (SSSR count). The van der Waals surface area contributed by atoms with E-state index in [0.717, 1.165) is 0 Å². The molecule has 0 amide bonds. The Morgan fingerprint density at radius 3 is 2.62 bits per heavy atom. The van der Waals surface area contributed by atoms with E-state index in [2.05, 4.69) is 4.98 Å². The summed E-state index contributed by atoms with van der Waals surface area (Å²) in [5.41, 5.74) is 6.47. The molecule has 0 aromatic carbocycles. The van der Waals surface area contributed by atoms with Crippen molar-refractivity contribution in [3.8, 4) is 0 Å². The Kier molecular flexibility index (Phi) is 2.76. The van der Waals surface area contributed by atoms with E-state index >= 15 is 0 Å². The number of aromatic nitrogens is 1. The molecule has 2 unspecified atom stereocenters. The average molecular weight is 222 g/mol. The van der Waals surface area contributed by atoms with Gasteiger partial charge in [-0.05, 0) is 12.1 Å². The monoisotopic (exact) mass is 222 g/mol. The number of rotatable bonds is 2. The largest absolute Gasteiger partial charge is 0.389 e. The molecule has 5 N–H and O–H groups in total. The number of aliphatic hydroxyl groups excluding tert-OH is 2. The summed E-state index contributed by atoms with van der Waals surface area (Å²) in [4.78, 5) is 5.80. The van der Waals surface area contributed by atoms with Gasteiger partial charge in [-0.1, -0.05) is 0 Å². The highest BCUT2D eigenvalue weighted by Crippen LogP contribution is 2.22. The second-order valence-corrected chi connectivity index (χ2v) is 3.82. The van der Waals surface area contributed by atoms with Crippen molar-refractivity contribution in [2.75, 3.05) is 18.0 Å². The van der Waals surface area contributed by atoms with Gasteiger partial charge in [-0.3, -0.25) is 10.4 Å². The van der Waals surface area contributed by atoms with Crippen LogP contribution in [0.4, 0.5) is 5.69 Å². The number of pyridine rings is 1. The molecule has 1 aliphatic heterocycles. The van der Waals surface area contributed by atoms with E-state index in [-0.39, 0.29) is 5.84 Å². The fourth-order valence-corrected chi connectivity index (χ4v) is 1.83. The predicted molar refractivity (Wildman–Crippen MR) is 59.5 cm³/mol. The molecule has 1 aromatic heterocycles. The Morgan fingerprint density at radius 1 is 1.44 bits per heavy atom. The van der Waals surface area contributed by atoms with Crippen LogP contribution in [0.1, 0.15) is 5.69 Å². The third kappa shape index (κ3) is 1.84. The van der Waals surface area contributed by atoms with Gasteiger partial charge in [0, 0.05) is 19.3 Å². The van der Waals surface area contributed by atoms with Crippen molar-refractivity contribution in [1.82, 2.24) is 4.98 Å². The number of β-amino-alcohol motifs (C(OH)–C–C–N with tert-alkyl or cyclic N) is 2. The summed E-state index contributed by atoms with van der Waals surface area (Å²) in [6, 6.07) is 3.51. The lowest BCUT2D eigenvalue weighted by Gasteiger charge is -2.19. The van der Waals surface area contributed by atoms with Gasteiger partial charge >= 0.3 is 0 Å². The third-order valence-corrected chi connectivity index (χ3v) is 2.64. The fraction of sp³-hybridized carbons (Fsp3) is 0.400. The molecule has 0 saturated carbocycles. The third-order valence-electron chi connectivity index (χ3n) is 2.64. The van der Waals surface area contributed by atoms with Crippen molar-refractivity contribution in [1.29, 1.82) is 5.41 Å². The van der Waals surface area contributed by atoms with Crippen LogP contribution in [0.5, 0.6) is 0 Å². The van der Waals surface area contributed by atoms with E-state index in [1.54, 1.807) is 23.2 Å². The van der Waals surface area contributed by atoms with Crippen molar-refractivity contribution in [3.05, 3.63) is 24.0 Å². The van der Waals surface area contributed by atoms with Crippen LogP contribution in [0.15, 0.2) is 18.3 Å². The van der Waals surface area contributed by atoms with Gasteiger partial charge in [-0.2, -0.15) is 0 Å². The van der Waals surface area contributed by atoms with E-state index in [9.17, 15) is 10.2 Å². The van der Waals surface area contributed by atoms with Crippen LogP contribution in [-0.4, -0.2) is 46.3 Å². The molecule has 1 aromatic rings. The molecule has 0 spiro atoms. The van der Waals surface area contributed by atoms with E-state index in [0.29, 0.717) is 24.5 Å². The van der Waals surface area contributed by atoms with Gasteiger partial charge in [0.1, 0.15) is 11.5 Å². The van der Waals surface area contributed by atoms with Crippen LogP contribution >= 0.6 is 0 Å². The Balaban J connectivity index is 2.31. The second-order valence-electron chi connectivity index (χ2n) is 3.82. The van der Waals surface area contributed by atoms with Crippen LogP contribution in [0.3, 0.4) is 0 Å². The summed E-state index contributed by atoms with van der Waals surface area (Å²) in [5.74, 6) is -0.119. The summed E-state index contributed by atoms with van der Waals surface area (Å²) in [5, 5.41) is 26.3. The van der Waals surface area contributed by atoms with Crippen LogP contribution in [0, 0.1) is 5.41 Å². The number of nitrogens with two attached hydrogens (primary N) is 1. The summed E-state index contributed by atoms with van der Waals surface area (Å²) < 4.78 is 0. The van der Waals surface area contributed by atoms with E-state index in [1.807, 2.05) is 0 Å². The minimum atomic E-state index is -0.764. The molecule has 86 valence electrons. The number of hydrogen-bond acceptors (Lipinski definition) is 5. The summed E-state index contributed by atoms with van der Waals surface area (Å²) in [6.07, 6.45) is 0.0309. The normalized spacial score (nSPS) is 24.8. The fourth-order valence-electron chi connectivity index (χ4n) is 1.83. The zero-order valence-electron chi connectivity index (χ0n) is 8.67. The predicted octanol–water partition coefficient (Wildman–Crippen LogP) is -1.09. The number of amidine groups is 1. The highest BCUT2D eigenvalue weighted by Gasteiger charge is 2.31. The van der Waals surface area contributed by atoms with Gasteiger partial charge in [0.15, 0.2) is 0 Å². The minimum Gasteiger partial charge on any atom is -0.389 e. The lowest BCUT2D eigenvalue weighted by Crippen LogP contribution is -2.26. The summed E-state index contributed by atoms with van der Waals surface area (Å²) in [7, 11) is 0. The minimum absolute atomic E-state index is 0.119. The summed E-state index contributed by atoms with van der Waals surface area (Å²) >= 11 is 0. The van der Waals surface area contributed by atoms with Gasteiger partial charge in [0.25, 0.3) is 0 Å². The molecule has 0 radical (unpaired) electrons. The first-order valence-corrected chi connectivity index (χ1v) is 5.00. The number of nitrogens with one attached hydrogen (secondary N) is 1. The quantitative estimate of drug-likeness (QED) is 0.375. The number of hydrogen-bond donors (Lipinski definition) is 4. The van der Waals surface area contributed by atoms with Crippen LogP contribution < -0.4 is 10.6 Å². The molecule has 16 heavy (non-hydrogen) atoms. The molecule has 2 heterocycles. The molecule has 1 saturated heterocycles. The number of nitrogen functional groups attached to an aromatic ring is 1. The Morgan fingerprint density at radius 2 is 2.06 bits per heavy atom. The van der Waals surface area contributed by atoms with Crippen LogP contribution in [-0.2, 0) is 0 Å². The highest BCUT2D eigenvalue weighted by molar-refractivity contribution is 5.98. The van der Waals surface area contributed by atoms with Crippen LogP contribution in [0.25, 0.3) is 0 Å². The molecular formula is C10H14N4O2. The topological polar surface area (TPSA) is 106 Å². The Bertz CT molecular complexity index is 400. The lowest BCUT2D eigenvalue weighted by atomic mass is 10.2. The number of nitrogens with zero attached hydrogens (tertiary/aromatic N) is 2. The molecular weight excluding hydrogens is 208 g/mol. The van der Waals surface area contributed by atoms with Crippen molar-refractivity contribution in [3.63, 3.8) is 0 Å². The maximum Gasteiger partial charge on any atom is 0.143 e. The van der Waals surface area contributed by atoms with Crippen molar-refractivity contribution >= 4 is 11.5 Å². The first-order chi connectivity index (χ1) is 7.59. The van der Waals surface area contributed by atoms with Gasteiger partial charge < -0.3 is 20.8 Å². The smallest absolute Gasteiger partial charge is 0.143 e. The Labute approximate surface area is 92.8 Å². The lowest BCUT2D eigenvalue weighted by molar-refractivity contribution is 0.0572. The van der Waals surface area contributed by atoms with Gasteiger partial charge in [-0.25, -0.2) is 0 Å². The molecule has 0 aliphatic carbocycles. The highest BCUT2D eigenvalue weighted by atomic mass is 16.3. The molecule has 1 aliphatic rings. The molecule has 6 heteroatoms. The van der Waals surface area contributed by atoms with Gasteiger partial charge in [0.2, 0.25) is 0 Å². The van der Waals surface area contributed by atoms with E-state index in [4.69, 9.17) is 11.1 Å². The first-order valence-electron chi connectivity index (χ1n) is 5.00. The molecule has 2 atom stereocenters. The maximum atomic E-state index is 9.46.